The summed E-state index contributed by atoms with van der Waals surface area (Å²) in [6.07, 6.45) is 11.6. The molecule has 0 aliphatic rings. The van der Waals surface area contributed by atoms with Crippen LogP contribution >= 0.6 is 8.60 Å². The van der Waals surface area contributed by atoms with Crippen molar-refractivity contribution in [1.29, 1.82) is 0 Å². The number of unbranched alkanes of at least 4 members (excludes halogenated alkanes) is 6. The van der Waals surface area contributed by atoms with Gasteiger partial charge < -0.3 is 9.42 Å². The minimum Gasteiger partial charge on any atom is -0.427 e. The second kappa shape index (κ2) is 12.6. The summed E-state index contributed by atoms with van der Waals surface area (Å²) in [5.74, 6) is 0.728. The van der Waals surface area contributed by atoms with E-state index in [-0.39, 0.29) is 0 Å². The van der Waals surface area contributed by atoms with Gasteiger partial charge in [-0.3, -0.25) is 4.52 Å². The molecule has 1 aromatic carbocycles. The van der Waals surface area contributed by atoms with E-state index in [1.807, 2.05) is 18.2 Å². The topological polar surface area (TPSA) is 38.7 Å². The van der Waals surface area contributed by atoms with Gasteiger partial charge in [-0.15, -0.1) is 6.58 Å². The summed E-state index contributed by atoms with van der Waals surface area (Å²) in [4.78, 5) is 9.72. The van der Waals surface area contributed by atoms with Crippen molar-refractivity contribution in [1.82, 2.24) is 0 Å². The van der Waals surface area contributed by atoms with E-state index >= 15 is 0 Å². The summed E-state index contributed by atoms with van der Waals surface area (Å²) >= 11 is 0. The maximum Gasteiger partial charge on any atom is 0.394 e. The maximum absolute atomic E-state index is 9.72. The number of hydrogen-bond acceptors (Lipinski definition) is 3. The molecule has 0 aliphatic heterocycles. The van der Waals surface area contributed by atoms with Gasteiger partial charge in [-0.05, 0) is 24.5 Å². The largest absolute Gasteiger partial charge is 0.427 e. The van der Waals surface area contributed by atoms with E-state index in [0.717, 1.165) is 24.2 Å². The van der Waals surface area contributed by atoms with Crippen LogP contribution in [-0.2, 0) is 10.9 Å². The summed E-state index contributed by atoms with van der Waals surface area (Å²) in [5.41, 5.74) is 1.14. The fraction of sp³-hybridized carbons (Fsp3) is 0.556. The van der Waals surface area contributed by atoms with Gasteiger partial charge in [0.25, 0.3) is 0 Å². The van der Waals surface area contributed by atoms with Gasteiger partial charge in [-0.25, -0.2) is 0 Å². The van der Waals surface area contributed by atoms with Crippen LogP contribution in [0.3, 0.4) is 0 Å². The molecule has 3 nitrogen and oxygen atoms in total. The molecule has 0 aromatic heterocycles. The molecule has 1 aromatic rings. The quantitative estimate of drug-likeness (QED) is 0.284. The standard InChI is InChI=1S/C18H29O3P/c1-3-5-6-7-8-9-10-13-17-14-11-12-15-18(17)21-22(19)20-16-4-2/h4,11-12,14-15,19H,2-3,5-10,13,16H2,1H3. The van der Waals surface area contributed by atoms with Gasteiger partial charge in [0.15, 0.2) is 0 Å². The Bertz CT molecular complexity index is 409. The fourth-order valence-corrected chi connectivity index (χ4v) is 2.93. The Kier molecular flexibility index (Phi) is 11.0. The number of aryl methyl sites for hydroxylation is 1. The van der Waals surface area contributed by atoms with Crippen LogP contribution in [0.2, 0.25) is 0 Å². The third kappa shape index (κ3) is 8.53. The Balaban J connectivity index is 2.32. The molecule has 1 unspecified atom stereocenters. The van der Waals surface area contributed by atoms with Crippen LogP contribution in [0.15, 0.2) is 36.9 Å². The first-order valence-electron chi connectivity index (χ1n) is 8.26. The predicted molar refractivity (Wildman–Crippen MR) is 94.1 cm³/mol. The Labute approximate surface area is 136 Å². The zero-order valence-electron chi connectivity index (χ0n) is 13.7. The van der Waals surface area contributed by atoms with Crippen LogP contribution in [0, 0.1) is 0 Å². The lowest BCUT2D eigenvalue weighted by molar-refractivity contribution is 0.287. The molecule has 0 aliphatic carbocycles. The van der Waals surface area contributed by atoms with E-state index in [0.29, 0.717) is 6.61 Å². The van der Waals surface area contributed by atoms with Gasteiger partial charge >= 0.3 is 8.60 Å². The Morgan fingerprint density at radius 2 is 1.77 bits per heavy atom. The summed E-state index contributed by atoms with van der Waals surface area (Å²) in [6.45, 7) is 6.09. The fourth-order valence-electron chi connectivity index (χ4n) is 2.30. The monoisotopic (exact) mass is 324 g/mol. The molecule has 0 heterocycles. The maximum atomic E-state index is 9.72. The average Bonchev–Trinajstić information content (AvgIpc) is 2.53. The molecule has 0 radical (unpaired) electrons. The van der Waals surface area contributed by atoms with E-state index in [4.69, 9.17) is 9.05 Å². The molecule has 0 saturated carbocycles. The minimum atomic E-state index is -1.88. The van der Waals surface area contributed by atoms with Gasteiger partial charge in [0.2, 0.25) is 0 Å². The van der Waals surface area contributed by atoms with Gasteiger partial charge in [0, 0.05) is 0 Å². The van der Waals surface area contributed by atoms with Crippen molar-refractivity contribution < 1.29 is 13.9 Å². The van der Waals surface area contributed by atoms with E-state index < -0.39 is 8.60 Å². The zero-order chi connectivity index (χ0) is 16.0. The lowest BCUT2D eigenvalue weighted by Crippen LogP contribution is -1.96. The van der Waals surface area contributed by atoms with Crippen molar-refractivity contribution in [3.05, 3.63) is 42.5 Å². The molecule has 22 heavy (non-hydrogen) atoms. The number of rotatable bonds is 13. The van der Waals surface area contributed by atoms with Crippen LogP contribution in [0.5, 0.6) is 5.75 Å². The third-order valence-electron chi connectivity index (χ3n) is 3.50. The van der Waals surface area contributed by atoms with Crippen molar-refractivity contribution >= 4 is 8.60 Å². The summed E-state index contributed by atoms with van der Waals surface area (Å²) < 4.78 is 10.6. The highest BCUT2D eigenvalue weighted by Gasteiger charge is 2.11. The number of hydrogen-bond donors (Lipinski definition) is 1. The van der Waals surface area contributed by atoms with E-state index in [1.54, 1.807) is 6.08 Å². The van der Waals surface area contributed by atoms with E-state index in [9.17, 15) is 4.89 Å². The third-order valence-corrected chi connectivity index (χ3v) is 4.22. The molecule has 1 N–H and O–H groups in total. The number of para-hydroxylation sites is 1. The van der Waals surface area contributed by atoms with Gasteiger partial charge in [0.05, 0.1) is 6.61 Å². The van der Waals surface area contributed by atoms with Crippen LogP contribution in [-0.4, -0.2) is 11.5 Å². The van der Waals surface area contributed by atoms with E-state index in [2.05, 4.69) is 19.6 Å². The first-order valence-corrected chi connectivity index (χ1v) is 9.39. The molecule has 1 rings (SSSR count). The number of benzene rings is 1. The van der Waals surface area contributed by atoms with Crippen molar-refractivity contribution in [2.24, 2.45) is 0 Å². The van der Waals surface area contributed by atoms with Crippen LogP contribution in [0.4, 0.5) is 0 Å². The highest BCUT2D eigenvalue weighted by Crippen LogP contribution is 2.36. The molecule has 1 atom stereocenters. The van der Waals surface area contributed by atoms with Crippen molar-refractivity contribution in [2.45, 2.75) is 58.3 Å². The Morgan fingerprint density at radius 3 is 2.50 bits per heavy atom. The van der Waals surface area contributed by atoms with Gasteiger partial charge in [-0.2, -0.15) is 0 Å². The first kappa shape index (κ1) is 19.2. The Hall–Kier alpha value is -0.890. The van der Waals surface area contributed by atoms with Gasteiger partial charge in [0.1, 0.15) is 5.75 Å². The molecular weight excluding hydrogens is 295 g/mol. The molecule has 0 saturated heterocycles. The summed E-state index contributed by atoms with van der Waals surface area (Å²) in [5, 5.41) is 0. The highest BCUT2D eigenvalue weighted by atomic mass is 31.2. The predicted octanol–water partition coefficient (Wildman–Crippen LogP) is 5.78. The highest BCUT2D eigenvalue weighted by molar-refractivity contribution is 7.41. The molecular formula is C18H29O3P. The molecule has 4 heteroatoms. The minimum absolute atomic E-state index is 0.294. The first-order chi connectivity index (χ1) is 10.8. The molecule has 124 valence electrons. The molecule has 0 bridgehead atoms. The van der Waals surface area contributed by atoms with E-state index in [1.165, 1.54) is 38.5 Å². The summed E-state index contributed by atoms with van der Waals surface area (Å²) in [6, 6.07) is 7.87. The molecule has 0 fully saturated rings. The van der Waals surface area contributed by atoms with Crippen molar-refractivity contribution in [3.8, 4) is 5.75 Å². The zero-order valence-corrected chi connectivity index (χ0v) is 14.6. The second-order valence-corrected chi connectivity index (χ2v) is 6.31. The van der Waals surface area contributed by atoms with Crippen LogP contribution in [0.25, 0.3) is 0 Å². The van der Waals surface area contributed by atoms with Gasteiger partial charge in [-0.1, -0.05) is 69.7 Å². The van der Waals surface area contributed by atoms with Crippen LogP contribution in [0.1, 0.15) is 57.4 Å². The van der Waals surface area contributed by atoms with Crippen molar-refractivity contribution in [2.75, 3.05) is 6.61 Å². The van der Waals surface area contributed by atoms with Crippen LogP contribution < -0.4 is 4.52 Å². The molecule has 0 amide bonds. The Morgan fingerprint density at radius 1 is 1.09 bits per heavy atom. The molecule has 0 spiro atoms. The average molecular weight is 324 g/mol. The lowest BCUT2D eigenvalue weighted by atomic mass is 10.0. The normalized spacial score (nSPS) is 12.1. The second-order valence-electron chi connectivity index (χ2n) is 5.39. The summed E-state index contributed by atoms with van der Waals surface area (Å²) in [7, 11) is -1.88. The smallest absolute Gasteiger partial charge is 0.394 e. The van der Waals surface area contributed by atoms with Crippen molar-refractivity contribution in [3.63, 3.8) is 0 Å². The SMILES string of the molecule is C=CCOP(O)Oc1ccccc1CCCCCCCCC. The lowest BCUT2D eigenvalue weighted by Gasteiger charge is -2.14.